The highest BCUT2D eigenvalue weighted by Gasteiger charge is 2.52. The Kier molecular flexibility index (Phi) is 8.21. The molecule has 0 amide bonds. The van der Waals surface area contributed by atoms with E-state index in [1.54, 1.807) is 0 Å². The van der Waals surface area contributed by atoms with Crippen LogP contribution in [0.1, 0.15) is 6.92 Å². The minimum absolute atomic E-state index is 0.387. The van der Waals surface area contributed by atoms with Gasteiger partial charge >= 0.3 is 0 Å². The molecule has 0 aliphatic carbocycles. The second-order valence-corrected chi connectivity index (χ2v) is 7.87. The summed E-state index contributed by atoms with van der Waals surface area (Å²) < 4.78 is 26.6. The lowest BCUT2D eigenvalue weighted by Gasteiger charge is -2.47. The SMILES string of the molecule is C[C@@H]1O[C@@H](O[C@H]2[C@H](O[C@@H]3[C@@H](O)[C@H](O)OC[C@@H]3O)O[C@H](CO)[C@@H](O)[C@@H]2O)[C@H](O)[C@H](O)[C@H]1O. The lowest BCUT2D eigenvalue weighted by molar-refractivity contribution is -0.382. The zero-order valence-electron chi connectivity index (χ0n) is 16.6. The third-order valence-electron chi connectivity index (χ3n) is 5.66. The minimum atomic E-state index is -1.76. The van der Waals surface area contributed by atoms with Crippen molar-refractivity contribution < 1.29 is 69.6 Å². The van der Waals surface area contributed by atoms with E-state index in [2.05, 4.69) is 0 Å². The molecular formula is C17H30O14. The average Bonchev–Trinajstić information content (AvgIpc) is 2.74. The summed E-state index contributed by atoms with van der Waals surface area (Å²) in [4.78, 5) is 0. The van der Waals surface area contributed by atoms with Crippen molar-refractivity contribution >= 4 is 0 Å². The van der Waals surface area contributed by atoms with Gasteiger partial charge in [-0.2, -0.15) is 0 Å². The highest BCUT2D eigenvalue weighted by atomic mass is 16.8. The first-order valence-electron chi connectivity index (χ1n) is 9.85. The van der Waals surface area contributed by atoms with Crippen LogP contribution in [-0.4, -0.2) is 145 Å². The van der Waals surface area contributed by atoms with Crippen molar-refractivity contribution in [3.63, 3.8) is 0 Å². The van der Waals surface area contributed by atoms with Gasteiger partial charge < -0.3 is 69.6 Å². The Morgan fingerprint density at radius 1 is 0.710 bits per heavy atom. The highest BCUT2D eigenvalue weighted by Crippen LogP contribution is 2.31. The molecule has 3 aliphatic heterocycles. The zero-order valence-corrected chi connectivity index (χ0v) is 16.6. The van der Waals surface area contributed by atoms with Crippen molar-refractivity contribution in [1.82, 2.24) is 0 Å². The van der Waals surface area contributed by atoms with Gasteiger partial charge in [0.25, 0.3) is 0 Å². The fourth-order valence-corrected chi connectivity index (χ4v) is 3.70. The lowest BCUT2D eigenvalue weighted by atomic mass is 9.97. The monoisotopic (exact) mass is 458 g/mol. The smallest absolute Gasteiger partial charge is 0.187 e. The summed E-state index contributed by atoms with van der Waals surface area (Å²) in [6.07, 6.45) is -21.6. The average molecular weight is 458 g/mol. The van der Waals surface area contributed by atoms with Gasteiger partial charge in [-0.25, -0.2) is 0 Å². The van der Waals surface area contributed by atoms with Crippen molar-refractivity contribution in [2.45, 2.75) is 92.9 Å². The van der Waals surface area contributed by atoms with Gasteiger partial charge in [-0.15, -0.1) is 0 Å². The molecule has 14 nitrogen and oxygen atoms in total. The molecule has 0 bridgehead atoms. The maximum atomic E-state index is 10.5. The van der Waals surface area contributed by atoms with Crippen molar-refractivity contribution in [2.75, 3.05) is 13.2 Å². The minimum Gasteiger partial charge on any atom is -0.394 e. The summed E-state index contributed by atoms with van der Waals surface area (Å²) in [6, 6.07) is 0. The molecule has 0 aromatic rings. The first-order valence-corrected chi connectivity index (χ1v) is 9.85. The molecular weight excluding hydrogens is 428 g/mol. The maximum Gasteiger partial charge on any atom is 0.187 e. The van der Waals surface area contributed by atoms with E-state index in [1.165, 1.54) is 6.92 Å². The molecule has 182 valence electrons. The van der Waals surface area contributed by atoms with Gasteiger partial charge in [-0.05, 0) is 6.92 Å². The summed E-state index contributed by atoms with van der Waals surface area (Å²) >= 11 is 0. The van der Waals surface area contributed by atoms with E-state index in [9.17, 15) is 46.0 Å². The number of hydrogen-bond acceptors (Lipinski definition) is 14. The normalized spacial score (nSPS) is 54.0. The fraction of sp³-hybridized carbons (Fsp3) is 1.00. The molecule has 0 radical (unpaired) electrons. The van der Waals surface area contributed by atoms with E-state index in [-0.39, 0.29) is 6.61 Å². The predicted octanol–water partition coefficient (Wildman–Crippen LogP) is -5.91. The summed E-state index contributed by atoms with van der Waals surface area (Å²) in [7, 11) is 0. The van der Waals surface area contributed by atoms with Crippen LogP contribution in [0.3, 0.4) is 0 Å². The number of ether oxygens (including phenoxy) is 5. The van der Waals surface area contributed by atoms with Crippen LogP contribution in [0.15, 0.2) is 0 Å². The van der Waals surface area contributed by atoms with Crippen LogP contribution in [0.2, 0.25) is 0 Å². The van der Waals surface area contributed by atoms with E-state index >= 15 is 0 Å². The van der Waals surface area contributed by atoms with Crippen molar-refractivity contribution in [2.24, 2.45) is 0 Å². The molecule has 3 fully saturated rings. The van der Waals surface area contributed by atoms with Crippen LogP contribution in [0, 0.1) is 0 Å². The van der Waals surface area contributed by atoms with Crippen LogP contribution in [-0.2, 0) is 23.7 Å². The number of hydrogen-bond donors (Lipinski definition) is 9. The van der Waals surface area contributed by atoms with Crippen molar-refractivity contribution in [3.8, 4) is 0 Å². The van der Waals surface area contributed by atoms with E-state index in [0.29, 0.717) is 0 Å². The van der Waals surface area contributed by atoms with Gasteiger partial charge in [0.2, 0.25) is 0 Å². The van der Waals surface area contributed by atoms with Gasteiger partial charge in [0.05, 0.1) is 19.3 Å². The summed E-state index contributed by atoms with van der Waals surface area (Å²) in [5.74, 6) is 0. The summed E-state index contributed by atoms with van der Waals surface area (Å²) in [6.45, 7) is 0.295. The number of aliphatic hydroxyl groups excluding tert-OH is 9. The van der Waals surface area contributed by atoms with Crippen molar-refractivity contribution in [3.05, 3.63) is 0 Å². The summed E-state index contributed by atoms with van der Waals surface area (Å²) in [5, 5.41) is 89.9. The van der Waals surface area contributed by atoms with Gasteiger partial charge in [0.15, 0.2) is 18.9 Å². The van der Waals surface area contributed by atoms with Crippen LogP contribution < -0.4 is 0 Å². The molecule has 14 atom stereocenters. The lowest BCUT2D eigenvalue weighted by Crippen LogP contribution is -2.65. The van der Waals surface area contributed by atoms with E-state index in [0.717, 1.165) is 0 Å². The quantitative estimate of drug-likeness (QED) is 0.187. The van der Waals surface area contributed by atoms with E-state index < -0.39 is 92.6 Å². The molecule has 0 aromatic heterocycles. The molecule has 0 unspecified atom stereocenters. The second-order valence-electron chi connectivity index (χ2n) is 7.87. The van der Waals surface area contributed by atoms with Crippen LogP contribution >= 0.6 is 0 Å². The van der Waals surface area contributed by atoms with Crippen LogP contribution in [0.4, 0.5) is 0 Å². The van der Waals surface area contributed by atoms with Crippen LogP contribution in [0.5, 0.6) is 0 Å². The van der Waals surface area contributed by atoms with Gasteiger partial charge in [0, 0.05) is 0 Å². The maximum absolute atomic E-state index is 10.5. The van der Waals surface area contributed by atoms with Crippen molar-refractivity contribution in [1.29, 1.82) is 0 Å². The molecule has 31 heavy (non-hydrogen) atoms. The Morgan fingerprint density at radius 2 is 1.35 bits per heavy atom. The first kappa shape index (κ1) is 25.1. The predicted molar refractivity (Wildman–Crippen MR) is 93.8 cm³/mol. The standard InChI is InChI=1S/C17H30O14/c1-4-7(20)9(22)11(24)16(28-4)31-14-10(23)8(21)6(2-18)29-17(14)30-13-5(19)3-27-15(26)12(13)25/h4-26H,2-3H2,1H3/t4-,5-,6+,7-,8+,9+,10-,11+,12+,13-,14+,15+,16-,17-/m0/s1. The van der Waals surface area contributed by atoms with Crippen LogP contribution in [0.25, 0.3) is 0 Å². The first-order chi connectivity index (χ1) is 14.6. The molecule has 3 saturated heterocycles. The molecule has 0 saturated carbocycles. The Labute approximate surface area is 176 Å². The Balaban J connectivity index is 1.80. The number of aliphatic hydroxyl groups is 9. The van der Waals surface area contributed by atoms with Gasteiger partial charge in [0.1, 0.15) is 61.0 Å². The van der Waals surface area contributed by atoms with Gasteiger partial charge in [-0.3, -0.25) is 0 Å². The topological polar surface area (TPSA) is 228 Å². The molecule has 14 heteroatoms. The van der Waals surface area contributed by atoms with E-state index in [1.807, 2.05) is 0 Å². The Hall–Kier alpha value is -0.560. The largest absolute Gasteiger partial charge is 0.394 e. The number of rotatable bonds is 5. The molecule has 9 N–H and O–H groups in total. The molecule has 3 heterocycles. The molecule has 3 rings (SSSR count). The third kappa shape index (κ3) is 5.02. The third-order valence-corrected chi connectivity index (χ3v) is 5.66. The molecule has 0 spiro atoms. The zero-order chi connectivity index (χ0) is 23.0. The molecule has 3 aliphatic rings. The Bertz CT molecular complexity index is 581. The van der Waals surface area contributed by atoms with Gasteiger partial charge in [-0.1, -0.05) is 0 Å². The fourth-order valence-electron chi connectivity index (χ4n) is 3.70. The summed E-state index contributed by atoms with van der Waals surface area (Å²) in [5.41, 5.74) is 0. The second kappa shape index (κ2) is 10.1. The molecule has 0 aromatic carbocycles. The highest BCUT2D eigenvalue weighted by molar-refractivity contribution is 4.94. The van der Waals surface area contributed by atoms with E-state index in [4.69, 9.17) is 23.7 Å². The Morgan fingerprint density at radius 3 is 2.00 bits per heavy atom.